The Balaban J connectivity index is 1.56. The van der Waals surface area contributed by atoms with Crippen LogP contribution in [0, 0.1) is 27.7 Å². The van der Waals surface area contributed by atoms with E-state index < -0.39 is 0 Å². The van der Waals surface area contributed by atoms with Crippen molar-refractivity contribution in [2.24, 2.45) is 0 Å². The molecule has 5 nitrogen and oxygen atoms in total. The van der Waals surface area contributed by atoms with E-state index in [0.29, 0.717) is 23.7 Å². The molecule has 32 heavy (non-hydrogen) atoms. The molecular formula is C26H29ClN4O. The number of benzene rings is 2. The lowest BCUT2D eigenvalue weighted by Crippen LogP contribution is -2.49. The Bertz CT molecular complexity index is 1150. The molecule has 1 saturated heterocycles. The maximum absolute atomic E-state index is 12.9. The van der Waals surface area contributed by atoms with E-state index in [0.717, 1.165) is 42.4 Å². The summed E-state index contributed by atoms with van der Waals surface area (Å²) in [7, 11) is 0. The fourth-order valence-electron chi connectivity index (χ4n) is 4.29. The first-order valence-corrected chi connectivity index (χ1v) is 11.4. The smallest absolute Gasteiger partial charge is 0.255 e. The van der Waals surface area contributed by atoms with Gasteiger partial charge in [-0.3, -0.25) is 4.79 Å². The molecule has 3 aromatic rings. The van der Waals surface area contributed by atoms with Crippen LogP contribution in [0.4, 0.5) is 5.82 Å². The topological polar surface area (TPSA) is 49.3 Å². The molecule has 1 fully saturated rings. The van der Waals surface area contributed by atoms with E-state index in [1.807, 2.05) is 24.0 Å². The SMILES string of the molecule is Cc1ccc(C)c(Cc2c(C)nc(C)nc2N2CCN(C(=O)c3ccccc3Cl)CC2)c1. The molecule has 166 valence electrons. The van der Waals surface area contributed by atoms with Crippen LogP contribution >= 0.6 is 11.6 Å². The van der Waals surface area contributed by atoms with Crippen molar-refractivity contribution in [2.45, 2.75) is 34.1 Å². The summed E-state index contributed by atoms with van der Waals surface area (Å²) >= 11 is 6.24. The van der Waals surface area contributed by atoms with Crippen molar-refractivity contribution >= 4 is 23.3 Å². The molecule has 0 bridgehead atoms. The van der Waals surface area contributed by atoms with Crippen molar-refractivity contribution in [2.75, 3.05) is 31.1 Å². The van der Waals surface area contributed by atoms with E-state index in [9.17, 15) is 4.79 Å². The summed E-state index contributed by atoms with van der Waals surface area (Å²) in [5, 5.41) is 0.498. The summed E-state index contributed by atoms with van der Waals surface area (Å²) in [6.45, 7) is 11.0. The van der Waals surface area contributed by atoms with Crippen molar-refractivity contribution in [1.29, 1.82) is 0 Å². The molecule has 6 heteroatoms. The number of nitrogens with zero attached hydrogens (tertiary/aromatic N) is 4. The predicted molar refractivity (Wildman–Crippen MR) is 130 cm³/mol. The Labute approximate surface area is 195 Å². The van der Waals surface area contributed by atoms with Gasteiger partial charge in [0.05, 0.1) is 10.6 Å². The van der Waals surface area contributed by atoms with Gasteiger partial charge in [-0.1, -0.05) is 47.5 Å². The van der Waals surface area contributed by atoms with Crippen LogP contribution < -0.4 is 4.90 Å². The second kappa shape index (κ2) is 9.29. The second-order valence-electron chi connectivity index (χ2n) is 8.52. The first kappa shape index (κ1) is 22.3. The van der Waals surface area contributed by atoms with Gasteiger partial charge in [0.25, 0.3) is 5.91 Å². The largest absolute Gasteiger partial charge is 0.353 e. The summed E-state index contributed by atoms with van der Waals surface area (Å²) < 4.78 is 0. The van der Waals surface area contributed by atoms with Crippen LogP contribution in [0.3, 0.4) is 0 Å². The van der Waals surface area contributed by atoms with Crippen LogP contribution in [-0.4, -0.2) is 47.0 Å². The van der Waals surface area contributed by atoms with Crippen LogP contribution in [-0.2, 0) is 6.42 Å². The standard InChI is InChI=1S/C26H29ClN4O/c1-17-9-10-18(2)21(15-17)16-23-19(3)28-20(4)29-25(23)30-11-13-31(14-12-30)26(32)22-7-5-6-8-24(22)27/h5-10,15H,11-14,16H2,1-4H3. The highest BCUT2D eigenvalue weighted by atomic mass is 35.5. The minimum Gasteiger partial charge on any atom is -0.353 e. The van der Waals surface area contributed by atoms with Crippen molar-refractivity contribution in [3.63, 3.8) is 0 Å². The Kier molecular flexibility index (Phi) is 6.47. The highest BCUT2D eigenvalue weighted by Crippen LogP contribution is 2.27. The van der Waals surface area contributed by atoms with Gasteiger partial charge >= 0.3 is 0 Å². The number of hydrogen-bond donors (Lipinski definition) is 0. The summed E-state index contributed by atoms with van der Waals surface area (Å²) in [6, 6.07) is 13.8. The zero-order valence-electron chi connectivity index (χ0n) is 19.2. The molecule has 0 unspecified atom stereocenters. The highest BCUT2D eigenvalue weighted by Gasteiger charge is 2.26. The van der Waals surface area contributed by atoms with Gasteiger partial charge in [0.2, 0.25) is 0 Å². The monoisotopic (exact) mass is 448 g/mol. The van der Waals surface area contributed by atoms with Crippen LogP contribution in [0.15, 0.2) is 42.5 Å². The van der Waals surface area contributed by atoms with E-state index in [-0.39, 0.29) is 5.91 Å². The Hall–Kier alpha value is -2.92. The predicted octanol–water partition coefficient (Wildman–Crippen LogP) is 4.92. The summed E-state index contributed by atoms with van der Waals surface area (Å²) in [5.74, 6) is 1.75. The number of carbonyl (C=O) groups excluding carboxylic acids is 1. The molecular weight excluding hydrogens is 420 g/mol. The molecule has 0 saturated carbocycles. The number of rotatable bonds is 4. The van der Waals surface area contributed by atoms with Crippen LogP contribution in [0.2, 0.25) is 5.02 Å². The Morgan fingerprint density at radius 1 is 0.969 bits per heavy atom. The quantitative estimate of drug-likeness (QED) is 0.568. The molecule has 0 radical (unpaired) electrons. The van der Waals surface area contributed by atoms with Gasteiger partial charge in [-0.2, -0.15) is 0 Å². The maximum atomic E-state index is 12.9. The third-order valence-electron chi connectivity index (χ3n) is 6.15. The number of hydrogen-bond acceptors (Lipinski definition) is 4. The lowest BCUT2D eigenvalue weighted by Gasteiger charge is -2.36. The first-order valence-electron chi connectivity index (χ1n) is 11.0. The molecule has 2 heterocycles. The molecule has 0 spiro atoms. The van der Waals surface area contributed by atoms with Crippen molar-refractivity contribution in [3.8, 4) is 0 Å². The second-order valence-corrected chi connectivity index (χ2v) is 8.93. The highest BCUT2D eigenvalue weighted by molar-refractivity contribution is 6.33. The van der Waals surface area contributed by atoms with Gasteiger partial charge < -0.3 is 9.80 Å². The minimum atomic E-state index is -0.0130. The number of aromatic nitrogens is 2. The summed E-state index contributed by atoms with van der Waals surface area (Å²) in [4.78, 5) is 26.6. The van der Waals surface area contributed by atoms with Gasteiger partial charge in [0, 0.05) is 43.9 Å². The van der Waals surface area contributed by atoms with Gasteiger partial charge in [-0.05, 0) is 51.0 Å². The molecule has 2 aromatic carbocycles. The molecule has 4 rings (SSSR count). The lowest BCUT2D eigenvalue weighted by atomic mass is 9.97. The van der Waals surface area contributed by atoms with Crippen molar-refractivity contribution in [1.82, 2.24) is 14.9 Å². The zero-order chi connectivity index (χ0) is 22.8. The third kappa shape index (κ3) is 4.63. The molecule has 0 N–H and O–H groups in total. The van der Waals surface area contributed by atoms with E-state index in [1.165, 1.54) is 16.7 Å². The van der Waals surface area contributed by atoms with E-state index >= 15 is 0 Å². The number of piperazine rings is 1. The average Bonchev–Trinajstić information content (AvgIpc) is 2.78. The summed E-state index contributed by atoms with van der Waals surface area (Å²) in [5.41, 5.74) is 6.57. The fraction of sp³-hybridized carbons (Fsp3) is 0.346. The first-order chi connectivity index (χ1) is 15.3. The average molecular weight is 449 g/mol. The lowest BCUT2D eigenvalue weighted by molar-refractivity contribution is 0.0746. The molecule has 0 aliphatic carbocycles. The van der Waals surface area contributed by atoms with Gasteiger partial charge in [0.1, 0.15) is 11.6 Å². The number of halogens is 1. The van der Waals surface area contributed by atoms with E-state index in [2.05, 4.69) is 48.9 Å². The number of aryl methyl sites for hydroxylation is 4. The van der Waals surface area contributed by atoms with Crippen molar-refractivity contribution < 1.29 is 4.79 Å². The number of carbonyl (C=O) groups is 1. The van der Waals surface area contributed by atoms with E-state index in [1.54, 1.807) is 12.1 Å². The van der Waals surface area contributed by atoms with Gasteiger partial charge in [-0.25, -0.2) is 9.97 Å². The summed E-state index contributed by atoms with van der Waals surface area (Å²) in [6.07, 6.45) is 0.799. The molecule has 1 aromatic heterocycles. The Morgan fingerprint density at radius 2 is 1.69 bits per heavy atom. The molecule has 1 aliphatic heterocycles. The van der Waals surface area contributed by atoms with E-state index in [4.69, 9.17) is 16.6 Å². The van der Waals surface area contributed by atoms with Crippen molar-refractivity contribution in [3.05, 3.63) is 86.8 Å². The Morgan fingerprint density at radius 3 is 2.41 bits per heavy atom. The van der Waals surface area contributed by atoms with Crippen LogP contribution in [0.5, 0.6) is 0 Å². The number of amides is 1. The minimum absolute atomic E-state index is 0.0130. The number of anilines is 1. The molecule has 1 aliphatic rings. The zero-order valence-corrected chi connectivity index (χ0v) is 19.9. The van der Waals surface area contributed by atoms with Gasteiger partial charge in [0.15, 0.2) is 0 Å². The molecule has 0 atom stereocenters. The third-order valence-corrected chi connectivity index (χ3v) is 6.48. The molecule has 1 amide bonds. The van der Waals surface area contributed by atoms with Crippen LogP contribution in [0.1, 0.15) is 44.1 Å². The maximum Gasteiger partial charge on any atom is 0.255 e. The van der Waals surface area contributed by atoms with Crippen LogP contribution in [0.25, 0.3) is 0 Å². The normalized spacial score (nSPS) is 14.0. The fourth-order valence-corrected chi connectivity index (χ4v) is 4.51. The van der Waals surface area contributed by atoms with Gasteiger partial charge in [-0.15, -0.1) is 0 Å².